The third-order valence-corrected chi connectivity index (χ3v) is 4.72. The van der Waals surface area contributed by atoms with Crippen molar-refractivity contribution in [3.05, 3.63) is 71.9 Å². The maximum absolute atomic E-state index is 5.55. The second-order valence-electron chi connectivity index (χ2n) is 6.44. The normalized spacial score (nSPS) is 10.8. The van der Waals surface area contributed by atoms with Crippen LogP contribution in [0.3, 0.4) is 0 Å². The van der Waals surface area contributed by atoms with Crippen molar-refractivity contribution in [3.8, 4) is 34.5 Å². The Kier molecular flexibility index (Phi) is 4.85. The molecule has 0 aliphatic heterocycles. The number of nitrogens with zero attached hydrogens (tertiary/aromatic N) is 3. The minimum absolute atomic E-state index is 0.475. The fourth-order valence-electron chi connectivity index (χ4n) is 3.14. The van der Waals surface area contributed by atoms with Crippen LogP contribution in [-0.4, -0.2) is 28.9 Å². The van der Waals surface area contributed by atoms with E-state index in [4.69, 9.17) is 14.0 Å². The molecule has 0 aliphatic rings. The second kappa shape index (κ2) is 7.60. The summed E-state index contributed by atoms with van der Waals surface area (Å²) >= 11 is 0. The molecule has 0 atom stereocenters. The lowest BCUT2D eigenvalue weighted by Crippen LogP contribution is -2.02. The molecule has 2 heterocycles. The lowest BCUT2D eigenvalue weighted by Gasteiger charge is -2.09. The van der Waals surface area contributed by atoms with E-state index in [0.29, 0.717) is 23.2 Å². The first kappa shape index (κ1) is 17.9. The maximum atomic E-state index is 5.55. The molecule has 6 nitrogen and oxygen atoms in total. The van der Waals surface area contributed by atoms with Crippen molar-refractivity contribution < 1.29 is 14.0 Å². The molecular weight excluding hydrogens is 354 g/mol. The number of aromatic nitrogens is 3. The third-order valence-electron chi connectivity index (χ3n) is 4.72. The molecule has 0 spiro atoms. The lowest BCUT2D eigenvalue weighted by atomic mass is 10.1. The molecule has 28 heavy (non-hydrogen) atoms. The van der Waals surface area contributed by atoms with Crippen molar-refractivity contribution in [2.24, 2.45) is 0 Å². The molecule has 0 amide bonds. The summed E-state index contributed by atoms with van der Waals surface area (Å²) in [5.74, 6) is 2.25. The Morgan fingerprint density at radius 3 is 2.57 bits per heavy atom. The van der Waals surface area contributed by atoms with E-state index in [0.717, 1.165) is 17.8 Å². The highest BCUT2D eigenvalue weighted by Crippen LogP contribution is 2.32. The molecule has 6 heteroatoms. The minimum Gasteiger partial charge on any atom is -0.493 e. The molecule has 2 aromatic heterocycles. The summed E-state index contributed by atoms with van der Waals surface area (Å²) in [6.45, 7) is 2.85. The van der Waals surface area contributed by atoms with Crippen LogP contribution in [0.1, 0.15) is 11.1 Å². The van der Waals surface area contributed by atoms with Gasteiger partial charge in [-0.2, -0.15) is 4.98 Å². The third kappa shape index (κ3) is 3.36. The van der Waals surface area contributed by atoms with Gasteiger partial charge in [-0.3, -0.25) is 0 Å². The molecule has 142 valence electrons. The molecule has 4 rings (SSSR count). The second-order valence-corrected chi connectivity index (χ2v) is 6.44. The van der Waals surface area contributed by atoms with Crippen LogP contribution in [0.2, 0.25) is 0 Å². The van der Waals surface area contributed by atoms with Crippen molar-refractivity contribution in [2.45, 2.75) is 13.5 Å². The summed E-state index contributed by atoms with van der Waals surface area (Å²) < 4.78 is 18.3. The summed E-state index contributed by atoms with van der Waals surface area (Å²) in [7, 11) is 3.20. The molecule has 0 saturated heterocycles. The molecule has 0 saturated carbocycles. The van der Waals surface area contributed by atoms with Gasteiger partial charge < -0.3 is 18.6 Å². The van der Waals surface area contributed by atoms with Gasteiger partial charge in [0, 0.05) is 18.3 Å². The van der Waals surface area contributed by atoms with Gasteiger partial charge in [0.05, 0.1) is 14.2 Å². The molecule has 0 N–H and O–H groups in total. The average molecular weight is 375 g/mol. The Bertz CT molecular complexity index is 1100. The Morgan fingerprint density at radius 2 is 1.79 bits per heavy atom. The van der Waals surface area contributed by atoms with E-state index in [1.54, 1.807) is 14.2 Å². The first-order valence-electron chi connectivity index (χ1n) is 8.95. The Hall–Kier alpha value is -3.54. The first-order chi connectivity index (χ1) is 13.7. The quantitative estimate of drug-likeness (QED) is 0.494. The number of benzene rings is 2. The molecule has 0 aliphatic carbocycles. The molecule has 4 aromatic rings. The van der Waals surface area contributed by atoms with Gasteiger partial charge in [-0.15, -0.1) is 0 Å². The highest BCUT2D eigenvalue weighted by Gasteiger charge is 2.16. The van der Waals surface area contributed by atoms with Gasteiger partial charge in [0.1, 0.15) is 5.69 Å². The molecule has 0 bridgehead atoms. The van der Waals surface area contributed by atoms with Crippen molar-refractivity contribution in [2.75, 3.05) is 14.2 Å². The molecule has 0 fully saturated rings. The zero-order valence-corrected chi connectivity index (χ0v) is 16.0. The number of rotatable bonds is 6. The van der Waals surface area contributed by atoms with Crippen molar-refractivity contribution in [1.29, 1.82) is 0 Å². The fourth-order valence-corrected chi connectivity index (χ4v) is 3.14. The standard InChI is InChI=1S/C22H21N3O3/c1-15-7-4-5-8-17(15)14-25-12-6-9-18(25)22-23-21(24-28-22)16-10-11-19(26-2)20(13-16)27-3/h4-13H,14H2,1-3H3. The van der Waals surface area contributed by atoms with Crippen LogP contribution in [-0.2, 0) is 6.54 Å². The van der Waals surface area contributed by atoms with Gasteiger partial charge in [0.15, 0.2) is 11.5 Å². The highest BCUT2D eigenvalue weighted by atomic mass is 16.5. The average Bonchev–Trinajstić information content (AvgIpc) is 3.38. The van der Waals surface area contributed by atoms with E-state index in [1.165, 1.54) is 11.1 Å². The van der Waals surface area contributed by atoms with Gasteiger partial charge in [-0.25, -0.2) is 0 Å². The minimum atomic E-state index is 0.475. The molecule has 0 unspecified atom stereocenters. The highest BCUT2D eigenvalue weighted by molar-refractivity contribution is 5.62. The summed E-state index contributed by atoms with van der Waals surface area (Å²) in [6, 6.07) is 17.8. The summed E-state index contributed by atoms with van der Waals surface area (Å²) in [4.78, 5) is 4.58. The summed E-state index contributed by atoms with van der Waals surface area (Å²) in [6.07, 6.45) is 2.02. The van der Waals surface area contributed by atoms with E-state index in [9.17, 15) is 0 Å². The Labute approximate surface area is 163 Å². The topological polar surface area (TPSA) is 62.3 Å². The summed E-state index contributed by atoms with van der Waals surface area (Å²) in [5, 5.41) is 4.14. The largest absolute Gasteiger partial charge is 0.493 e. The van der Waals surface area contributed by atoms with Crippen molar-refractivity contribution >= 4 is 0 Å². The van der Waals surface area contributed by atoms with Gasteiger partial charge in [0.25, 0.3) is 5.89 Å². The Balaban J connectivity index is 1.64. The number of hydrogen-bond donors (Lipinski definition) is 0. The first-order valence-corrected chi connectivity index (χ1v) is 8.95. The summed E-state index contributed by atoms with van der Waals surface area (Å²) in [5.41, 5.74) is 4.17. The van der Waals surface area contributed by atoms with Gasteiger partial charge in [-0.1, -0.05) is 29.4 Å². The van der Waals surface area contributed by atoms with Crippen molar-refractivity contribution in [1.82, 2.24) is 14.7 Å². The van der Waals surface area contributed by atoms with E-state index in [-0.39, 0.29) is 0 Å². The van der Waals surface area contributed by atoms with Crippen LogP contribution in [0.4, 0.5) is 0 Å². The molecular formula is C22H21N3O3. The van der Waals surface area contributed by atoms with Crippen molar-refractivity contribution in [3.63, 3.8) is 0 Å². The van der Waals surface area contributed by atoms with Crippen LogP contribution in [0.5, 0.6) is 11.5 Å². The fraction of sp³-hybridized carbons (Fsp3) is 0.182. The van der Waals surface area contributed by atoms with Gasteiger partial charge in [-0.05, 0) is 48.4 Å². The van der Waals surface area contributed by atoms with Gasteiger partial charge >= 0.3 is 0 Å². The van der Waals surface area contributed by atoms with E-state index < -0.39 is 0 Å². The van der Waals surface area contributed by atoms with Crippen LogP contribution < -0.4 is 9.47 Å². The number of aryl methyl sites for hydroxylation is 1. The van der Waals surface area contributed by atoms with Gasteiger partial charge in [0.2, 0.25) is 5.82 Å². The number of ether oxygens (including phenoxy) is 2. The van der Waals surface area contributed by atoms with Crippen LogP contribution in [0.15, 0.2) is 65.3 Å². The zero-order chi connectivity index (χ0) is 19.5. The zero-order valence-electron chi connectivity index (χ0n) is 16.0. The Morgan fingerprint density at radius 1 is 0.964 bits per heavy atom. The predicted octanol–water partition coefficient (Wildman–Crippen LogP) is 4.58. The van der Waals surface area contributed by atoms with E-state index in [1.807, 2.05) is 48.7 Å². The maximum Gasteiger partial charge on any atom is 0.274 e. The van der Waals surface area contributed by atoms with Crippen LogP contribution in [0, 0.1) is 6.92 Å². The van der Waals surface area contributed by atoms with E-state index >= 15 is 0 Å². The lowest BCUT2D eigenvalue weighted by molar-refractivity contribution is 0.355. The molecule has 0 radical (unpaired) electrons. The SMILES string of the molecule is COc1ccc(-c2noc(-c3cccn3Cc3ccccc3C)n2)cc1OC. The monoisotopic (exact) mass is 375 g/mol. The molecule has 2 aromatic carbocycles. The van der Waals surface area contributed by atoms with E-state index in [2.05, 4.69) is 33.8 Å². The predicted molar refractivity (Wildman–Crippen MR) is 107 cm³/mol. The van der Waals surface area contributed by atoms with Crippen LogP contribution >= 0.6 is 0 Å². The smallest absolute Gasteiger partial charge is 0.274 e. The number of hydrogen-bond acceptors (Lipinski definition) is 5. The van der Waals surface area contributed by atoms with Crippen LogP contribution in [0.25, 0.3) is 23.0 Å². The number of methoxy groups -OCH3 is 2.